The fourth-order valence-corrected chi connectivity index (χ4v) is 3.43. The van der Waals surface area contributed by atoms with Crippen LogP contribution >= 0.6 is 0 Å². The highest BCUT2D eigenvalue weighted by Crippen LogP contribution is 2.21. The number of nitrogens with zero attached hydrogens (tertiary/aromatic N) is 2. The molecule has 0 radical (unpaired) electrons. The number of ether oxygens (including phenoxy) is 1. The first-order valence-electron chi connectivity index (χ1n) is 9.51. The number of likely N-dealkylation sites (N-methyl/N-ethyl adjacent to an activating group) is 1. The highest BCUT2D eigenvalue weighted by Gasteiger charge is 2.27. The van der Waals surface area contributed by atoms with Crippen molar-refractivity contribution in [1.82, 2.24) is 9.80 Å². The van der Waals surface area contributed by atoms with E-state index in [-0.39, 0.29) is 18.6 Å². The fourth-order valence-electron chi connectivity index (χ4n) is 3.43. The van der Waals surface area contributed by atoms with Crippen LogP contribution in [0, 0.1) is 0 Å². The summed E-state index contributed by atoms with van der Waals surface area (Å²) in [5.41, 5.74) is 2.01. The number of carbonyl (C=O) groups is 1. The molecular weight excluding hydrogens is 340 g/mol. The molecule has 1 atom stereocenters. The summed E-state index contributed by atoms with van der Waals surface area (Å²) in [5, 5.41) is 9.24. The molecule has 5 heteroatoms. The number of rotatable bonds is 7. The van der Waals surface area contributed by atoms with E-state index < -0.39 is 0 Å². The maximum absolute atomic E-state index is 12.8. The summed E-state index contributed by atoms with van der Waals surface area (Å²) in [5.74, 6) is 0.873. The lowest BCUT2D eigenvalue weighted by Crippen LogP contribution is -2.53. The SMILES string of the molecule is CN1CCN(C(=O)Cc2ccccc2OCc2ccccc2)C[C@@H]1CCO. The van der Waals surface area contributed by atoms with Crippen LogP contribution in [0.2, 0.25) is 0 Å². The molecule has 0 spiro atoms. The van der Waals surface area contributed by atoms with E-state index in [9.17, 15) is 9.90 Å². The second kappa shape index (κ2) is 9.53. The zero-order valence-corrected chi connectivity index (χ0v) is 15.9. The average Bonchev–Trinajstić information content (AvgIpc) is 2.70. The van der Waals surface area contributed by atoms with Gasteiger partial charge in [-0.05, 0) is 25.1 Å². The van der Waals surface area contributed by atoms with Gasteiger partial charge in [-0.3, -0.25) is 9.69 Å². The number of aliphatic hydroxyl groups is 1. The van der Waals surface area contributed by atoms with Gasteiger partial charge in [0.15, 0.2) is 0 Å². The van der Waals surface area contributed by atoms with E-state index in [4.69, 9.17) is 4.74 Å². The Hall–Kier alpha value is -2.37. The van der Waals surface area contributed by atoms with Gasteiger partial charge in [-0.15, -0.1) is 0 Å². The summed E-state index contributed by atoms with van der Waals surface area (Å²) < 4.78 is 5.98. The molecule has 1 saturated heterocycles. The number of hydrogen-bond acceptors (Lipinski definition) is 4. The van der Waals surface area contributed by atoms with Crippen LogP contribution in [0.4, 0.5) is 0 Å². The van der Waals surface area contributed by atoms with Crippen molar-refractivity contribution in [3.63, 3.8) is 0 Å². The van der Waals surface area contributed by atoms with Gasteiger partial charge in [0.25, 0.3) is 0 Å². The van der Waals surface area contributed by atoms with E-state index in [1.54, 1.807) is 0 Å². The highest BCUT2D eigenvalue weighted by atomic mass is 16.5. The lowest BCUT2D eigenvalue weighted by atomic mass is 10.1. The van der Waals surface area contributed by atoms with Crippen molar-refractivity contribution in [3.8, 4) is 5.75 Å². The minimum atomic E-state index is 0.113. The molecule has 0 aliphatic carbocycles. The average molecular weight is 368 g/mol. The third-order valence-corrected chi connectivity index (χ3v) is 5.14. The molecule has 1 aliphatic rings. The van der Waals surface area contributed by atoms with Crippen LogP contribution < -0.4 is 4.74 Å². The Morgan fingerprint density at radius 2 is 1.85 bits per heavy atom. The van der Waals surface area contributed by atoms with Crippen molar-refractivity contribution in [3.05, 3.63) is 65.7 Å². The third kappa shape index (κ3) is 5.31. The smallest absolute Gasteiger partial charge is 0.227 e. The molecule has 0 unspecified atom stereocenters. The quantitative estimate of drug-likeness (QED) is 0.815. The molecule has 27 heavy (non-hydrogen) atoms. The van der Waals surface area contributed by atoms with Crippen LogP contribution in [0.15, 0.2) is 54.6 Å². The Morgan fingerprint density at radius 3 is 2.63 bits per heavy atom. The first-order valence-corrected chi connectivity index (χ1v) is 9.51. The number of para-hydroxylation sites is 1. The van der Waals surface area contributed by atoms with E-state index in [0.717, 1.165) is 30.0 Å². The number of piperazine rings is 1. The van der Waals surface area contributed by atoms with Crippen molar-refractivity contribution in [2.75, 3.05) is 33.3 Å². The van der Waals surface area contributed by atoms with Crippen molar-refractivity contribution < 1.29 is 14.6 Å². The number of hydrogen-bond donors (Lipinski definition) is 1. The van der Waals surface area contributed by atoms with Gasteiger partial charge in [-0.2, -0.15) is 0 Å². The van der Waals surface area contributed by atoms with Gasteiger partial charge in [-0.1, -0.05) is 48.5 Å². The summed E-state index contributed by atoms with van der Waals surface area (Å²) in [7, 11) is 2.05. The second-order valence-corrected chi connectivity index (χ2v) is 7.05. The Balaban J connectivity index is 1.62. The molecule has 5 nitrogen and oxygen atoms in total. The van der Waals surface area contributed by atoms with E-state index in [1.807, 2.05) is 59.5 Å². The van der Waals surface area contributed by atoms with Crippen LogP contribution in [0.1, 0.15) is 17.5 Å². The molecule has 1 aliphatic heterocycles. The lowest BCUT2D eigenvalue weighted by molar-refractivity contribution is -0.133. The lowest BCUT2D eigenvalue weighted by Gasteiger charge is -2.39. The maximum atomic E-state index is 12.8. The van der Waals surface area contributed by atoms with Crippen LogP contribution in [-0.2, 0) is 17.8 Å². The Labute approximate surface area is 161 Å². The second-order valence-electron chi connectivity index (χ2n) is 7.05. The van der Waals surface area contributed by atoms with Crippen LogP contribution in [-0.4, -0.2) is 60.1 Å². The summed E-state index contributed by atoms with van der Waals surface area (Å²) in [6.45, 7) is 2.86. The van der Waals surface area contributed by atoms with Gasteiger partial charge in [0.2, 0.25) is 5.91 Å². The van der Waals surface area contributed by atoms with Crippen LogP contribution in [0.25, 0.3) is 0 Å². The zero-order valence-electron chi connectivity index (χ0n) is 15.9. The Bertz CT molecular complexity index is 735. The van der Waals surface area contributed by atoms with Gasteiger partial charge in [0.1, 0.15) is 12.4 Å². The van der Waals surface area contributed by atoms with Crippen LogP contribution in [0.5, 0.6) is 5.75 Å². The predicted octanol–water partition coefficient (Wildman–Crippen LogP) is 2.33. The first-order chi connectivity index (χ1) is 13.2. The topological polar surface area (TPSA) is 53.0 Å². The van der Waals surface area contributed by atoms with Gasteiger partial charge < -0.3 is 14.7 Å². The molecular formula is C22H28N2O3. The van der Waals surface area contributed by atoms with Gasteiger partial charge in [0.05, 0.1) is 6.42 Å². The number of carbonyl (C=O) groups excluding carboxylic acids is 1. The molecule has 144 valence electrons. The molecule has 1 N–H and O–H groups in total. The molecule has 0 aromatic heterocycles. The maximum Gasteiger partial charge on any atom is 0.227 e. The standard InChI is InChI=1S/C22H28N2O3/c1-23-12-13-24(16-20(23)11-14-25)22(26)15-19-9-5-6-10-21(19)27-17-18-7-3-2-4-8-18/h2-10,20,25H,11-17H2,1H3/t20-/m0/s1. The minimum Gasteiger partial charge on any atom is -0.489 e. The third-order valence-electron chi connectivity index (χ3n) is 5.14. The van der Waals surface area contributed by atoms with Gasteiger partial charge in [-0.25, -0.2) is 0 Å². The zero-order chi connectivity index (χ0) is 19.1. The molecule has 1 fully saturated rings. The van der Waals surface area contributed by atoms with E-state index in [1.165, 1.54) is 0 Å². The summed E-state index contributed by atoms with van der Waals surface area (Å²) >= 11 is 0. The monoisotopic (exact) mass is 368 g/mol. The van der Waals surface area contributed by atoms with Crippen molar-refractivity contribution >= 4 is 5.91 Å². The van der Waals surface area contributed by atoms with Gasteiger partial charge >= 0.3 is 0 Å². The van der Waals surface area contributed by atoms with E-state index >= 15 is 0 Å². The van der Waals surface area contributed by atoms with E-state index in [2.05, 4.69) is 11.9 Å². The largest absolute Gasteiger partial charge is 0.489 e. The highest BCUT2D eigenvalue weighted by molar-refractivity contribution is 5.79. The number of amides is 1. The van der Waals surface area contributed by atoms with E-state index in [0.29, 0.717) is 26.0 Å². The number of aliphatic hydroxyl groups excluding tert-OH is 1. The molecule has 1 amide bonds. The van der Waals surface area contributed by atoms with Crippen molar-refractivity contribution in [1.29, 1.82) is 0 Å². The van der Waals surface area contributed by atoms with Crippen molar-refractivity contribution in [2.24, 2.45) is 0 Å². The summed E-state index contributed by atoms with van der Waals surface area (Å²) in [4.78, 5) is 17.0. The molecule has 2 aromatic carbocycles. The molecule has 0 bridgehead atoms. The summed E-state index contributed by atoms with van der Waals surface area (Å²) in [6, 6.07) is 18.0. The fraction of sp³-hybridized carbons (Fsp3) is 0.409. The minimum absolute atomic E-state index is 0.113. The molecule has 2 aromatic rings. The normalized spacial score (nSPS) is 17.7. The van der Waals surface area contributed by atoms with Crippen LogP contribution in [0.3, 0.4) is 0 Å². The first kappa shape index (κ1) is 19.4. The summed E-state index contributed by atoms with van der Waals surface area (Å²) in [6.07, 6.45) is 1.03. The number of benzene rings is 2. The predicted molar refractivity (Wildman–Crippen MR) is 106 cm³/mol. The van der Waals surface area contributed by atoms with Crippen molar-refractivity contribution in [2.45, 2.75) is 25.5 Å². The molecule has 0 saturated carbocycles. The molecule has 1 heterocycles. The Kier molecular flexibility index (Phi) is 6.85. The Morgan fingerprint density at radius 1 is 1.11 bits per heavy atom. The molecule has 3 rings (SSSR count). The van der Waals surface area contributed by atoms with Gasteiger partial charge in [0, 0.05) is 37.8 Å².